The van der Waals surface area contributed by atoms with E-state index in [-0.39, 0.29) is 6.61 Å². The molecule has 0 aliphatic carbocycles. The molecule has 94 valence electrons. The number of aliphatic hydroxyl groups is 2. The van der Waals surface area contributed by atoms with Crippen LogP contribution in [0.3, 0.4) is 0 Å². The molecule has 0 aliphatic rings. The average molecular weight is 257 g/mol. The van der Waals surface area contributed by atoms with E-state index in [2.05, 4.69) is 10.3 Å². The van der Waals surface area contributed by atoms with Crippen molar-refractivity contribution in [3.05, 3.63) is 17.3 Å². The maximum Gasteiger partial charge on any atom is 0.237 e. The number of ether oxygens (including phenoxy) is 1. The summed E-state index contributed by atoms with van der Waals surface area (Å²) >= 11 is 1.54. The summed E-state index contributed by atoms with van der Waals surface area (Å²) < 4.78 is 7.14. The van der Waals surface area contributed by atoms with Crippen LogP contribution in [0.5, 0.6) is 5.88 Å². The molecule has 17 heavy (non-hydrogen) atoms. The molecule has 7 heteroatoms. The van der Waals surface area contributed by atoms with E-state index in [0.29, 0.717) is 19.0 Å². The zero-order valence-corrected chi connectivity index (χ0v) is 10.3. The lowest BCUT2D eigenvalue weighted by atomic mass is 10.3. The summed E-state index contributed by atoms with van der Waals surface area (Å²) in [5.41, 5.74) is 0.911. The first-order valence-corrected chi connectivity index (χ1v) is 6.12. The molecule has 0 spiro atoms. The lowest BCUT2D eigenvalue weighted by Gasteiger charge is -2.09. The van der Waals surface area contributed by atoms with E-state index in [1.807, 2.05) is 16.0 Å². The fourth-order valence-corrected chi connectivity index (χ4v) is 2.28. The second-order valence-electron chi connectivity index (χ2n) is 3.59. The molecule has 2 rings (SSSR count). The minimum absolute atomic E-state index is 0.246. The Labute approximate surface area is 102 Å². The highest BCUT2D eigenvalue weighted by Crippen LogP contribution is 2.22. The van der Waals surface area contributed by atoms with Crippen LogP contribution in [-0.4, -0.2) is 46.0 Å². The Bertz CT molecular complexity index is 482. The Morgan fingerprint density at radius 2 is 2.47 bits per heavy atom. The van der Waals surface area contributed by atoms with Crippen molar-refractivity contribution in [2.24, 2.45) is 0 Å². The molecule has 0 aliphatic heterocycles. The van der Waals surface area contributed by atoms with Crippen molar-refractivity contribution in [1.29, 1.82) is 0 Å². The van der Waals surface area contributed by atoms with Gasteiger partial charge >= 0.3 is 0 Å². The van der Waals surface area contributed by atoms with Gasteiger partial charge in [0.1, 0.15) is 5.69 Å². The third-order valence-electron chi connectivity index (χ3n) is 2.40. The van der Waals surface area contributed by atoms with E-state index in [1.54, 1.807) is 7.11 Å². The van der Waals surface area contributed by atoms with Crippen molar-refractivity contribution in [3.8, 4) is 5.88 Å². The predicted octanol–water partition coefficient (Wildman–Crippen LogP) is -0.153. The van der Waals surface area contributed by atoms with Gasteiger partial charge in [-0.1, -0.05) is 0 Å². The lowest BCUT2D eigenvalue weighted by Crippen LogP contribution is -2.29. The van der Waals surface area contributed by atoms with E-state index in [9.17, 15) is 5.11 Å². The molecule has 2 aromatic rings. The van der Waals surface area contributed by atoms with Crippen molar-refractivity contribution in [3.63, 3.8) is 0 Å². The van der Waals surface area contributed by atoms with Gasteiger partial charge in [-0.15, -0.1) is 11.3 Å². The van der Waals surface area contributed by atoms with Crippen LogP contribution in [0, 0.1) is 0 Å². The maximum absolute atomic E-state index is 9.22. The molecule has 2 aromatic heterocycles. The molecule has 0 amide bonds. The predicted molar refractivity (Wildman–Crippen MR) is 64.4 cm³/mol. The fraction of sp³-hybridized carbons (Fsp3) is 0.500. The van der Waals surface area contributed by atoms with Gasteiger partial charge in [-0.3, -0.25) is 4.40 Å². The number of fused-ring (bicyclic) bond motifs is 1. The summed E-state index contributed by atoms with van der Waals surface area (Å²) in [6, 6.07) is 0. The average Bonchev–Trinajstić information content (AvgIpc) is 2.90. The Balaban J connectivity index is 2.08. The fourth-order valence-electron chi connectivity index (χ4n) is 1.56. The SMILES string of the molecule is COc1nc2sccn2c1CNCC(O)CO. The minimum Gasteiger partial charge on any atom is -0.480 e. The zero-order valence-electron chi connectivity index (χ0n) is 9.46. The quantitative estimate of drug-likeness (QED) is 0.670. The first kappa shape index (κ1) is 12.3. The number of hydrogen-bond donors (Lipinski definition) is 3. The first-order valence-electron chi connectivity index (χ1n) is 5.24. The number of thiazole rings is 1. The van der Waals surface area contributed by atoms with Crippen LogP contribution in [0.1, 0.15) is 5.69 Å². The highest BCUT2D eigenvalue weighted by atomic mass is 32.1. The molecule has 0 bridgehead atoms. The molecule has 2 heterocycles. The largest absolute Gasteiger partial charge is 0.480 e. The van der Waals surface area contributed by atoms with Crippen LogP contribution in [0.2, 0.25) is 0 Å². The van der Waals surface area contributed by atoms with E-state index < -0.39 is 6.10 Å². The smallest absolute Gasteiger partial charge is 0.237 e. The molecule has 0 radical (unpaired) electrons. The van der Waals surface area contributed by atoms with Crippen molar-refractivity contribution < 1.29 is 14.9 Å². The third-order valence-corrected chi connectivity index (χ3v) is 3.16. The summed E-state index contributed by atoms with van der Waals surface area (Å²) in [6.45, 7) is 0.611. The monoisotopic (exact) mass is 257 g/mol. The normalized spacial score (nSPS) is 13.1. The summed E-state index contributed by atoms with van der Waals surface area (Å²) in [6.07, 6.45) is 1.18. The van der Waals surface area contributed by atoms with Crippen LogP contribution < -0.4 is 10.1 Å². The van der Waals surface area contributed by atoms with Gasteiger partial charge in [0.2, 0.25) is 5.88 Å². The van der Waals surface area contributed by atoms with Gasteiger partial charge < -0.3 is 20.3 Å². The molecular formula is C10H15N3O3S. The number of aliphatic hydroxyl groups excluding tert-OH is 2. The Morgan fingerprint density at radius 1 is 1.65 bits per heavy atom. The molecular weight excluding hydrogens is 242 g/mol. The number of hydrogen-bond acceptors (Lipinski definition) is 6. The van der Waals surface area contributed by atoms with Crippen LogP contribution in [0.4, 0.5) is 0 Å². The van der Waals surface area contributed by atoms with Gasteiger partial charge in [0.15, 0.2) is 4.96 Å². The van der Waals surface area contributed by atoms with Crippen molar-refractivity contribution in [2.45, 2.75) is 12.6 Å². The number of rotatable bonds is 6. The molecule has 0 saturated carbocycles. The number of nitrogens with zero attached hydrogens (tertiary/aromatic N) is 2. The number of methoxy groups -OCH3 is 1. The molecule has 6 nitrogen and oxygen atoms in total. The second kappa shape index (κ2) is 5.46. The van der Waals surface area contributed by atoms with Gasteiger partial charge in [-0.2, -0.15) is 4.98 Å². The van der Waals surface area contributed by atoms with E-state index in [1.165, 1.54) is 11.3 Å². The minimum atomic E-state index is -0.744. The van der Waals surface area contributed by atoms with Crippen LogP contribution >= 0.6 is 11.3 Å². The Morgan fingerprint density at radius 3 is 3.18 bits per heavy atom. The first-order chi connectivity index (χ1) is 8.26. The van der Waals surface area contributed by atoms with Gasteiger partial charge in [0.25, 0.3) is 0 Å². The summed E-state index contributed by atoms with van der Waals surface area (Å²) in [5.74, 6) is 0.586. The zero-order chi connectivity index (χ0) is 12.3. The standard InChI is InChI=1S/C10H15N3O3S/c1-16-9-8(5-11-4-7(15)6-14)13-2-3-17-10(13)12-9/h2-3,7,11,14-15H,4-6H2,1H3. The lowest BCUT2D eigenvalue weighted by molar-refractivity contribution is 0.0941. The van der Waals surface area contributed by atoms with Crippen molar-refractivity contribution in [2.75, 3.05) is 20.3 Å². The van der Waals surface area contributed by atoms with Gasteiger partial charge in [0.05, 0.1) is 19.8 Å². The van der Waals surface area contributed by atoms with Gasteiger partial charge in [0, 0.05) is 24.7 Å². The summed E-state index contributed by atoms with van der Waals surface area (Å²) in [7, 11) is 1.58. The topological polar surface area (TPSA) is 79.0 Å². The van der Waals surface area contributed by atoms with Crippen molar-refractivity contribution in [1.82, 2.24) is 14.7 Å². The number of aromatic nitrogens is 2. The summed E-state index contributed by atoms with van der Waals surface area (Å²) in [4.78, 5) is 5.19. The Hall–Kier alpha value is -1.15. The van der Waals surface area contributed by atoms with Crippen molar-refractivity contribution >= 4 is 16.3 Å². The molecule has 3 N–H and O–H groups in total. The van der Waals surface area contributed by atoms with Crippen LogP contribution in [0.15, 0.2) is 11.6 Å². The third kappa shape index (κ3) is 2.58. The van der Waals surface area contributed by atoms with Crippen LogP contribution in [0.25, 0.3) is 4.96 Å². The number of nitrogens with one attached hydrogen (secondary N) is 1. The highest BCUT2D eigenvalue weighted by Gasteiger charge is 2.13. The highest BCUT2D eigenvalue weighted by molar-refractivity contribution is 7.15. The molecule has 0 aromatic carbocycles. The summed E-state index contributed by atoms with van der Waals surface area (Å²) in [5, 5.41) is 22.9. The van der Waals surface area contributed by atoms with E-state index >= 15 is 0 Å². The van der Waals surface area contributed by atoms with Crippen LogP contribution in [-0.2, 0) is 6.54 Å². The van der Waals surface area contributed by atoms with E-state index in [4.69, 9.17) is 9.84 Å². The molecule has 1 unspecified atom stereocenters. The molecule has 0 saturated heterocycles. The molecule has 0 fully saturated rings. The second-order valence-corrected chi connectivity index (χ2v) is 4.46. The number of imidazole rings is 1. The maximum atomic E-state index is 9.22. The van der Waals surface area contributed by atoms with E-state index in [0.717, 1.165) is 10.7 Å². The Kier molecular flexibility index (Phi) is 3.95. The van der Waals surface area contributed by atoms with Gasteiger partial charge in [-0.25, -0.2) is 0 Å². The molecule has 1 atom stereocenters. The van der Waals surface area contributed by atoms with Gasteiger partial charge in [-0.05, 0) is 0 Å².